The van der Waals surface area contributed by atoms with Gasteiger partial charge in [-0.2, -0.15) is 0 Å². The highest BCUT2D eigenvalue weighted by Gasteiger charge is 2.35. The molecule has 2 aliphatic rings. The molecule has 1 unspecified atom stereocenters. The number of aliphatic hydroxyl groups excluding tert-OH is 1. The molecule has 0 spiro atoms. The first-order valence-corrected chi connectivity index (χ1v) is 8.18. The van der Waals surface area contributed by atoms with Crippen molar-refractivity contribution in [2.45, 2.75) is 51.2 Å². The van der Waals surface area contributed by atoms with Crippen LogP contribution in [0.2, 0.25) is 0 Å². The third kappa shape index (κ3) is 6.06. The number of halogens is 1. The average molecular weight is 331 g/mol. The number of rotatable bonds is 3. The van der Waals surface area contributed by atoms with Gasteiger partial charge in [0.2, 0.25) is 0 Å². The van der Waals surface area contributed by atoms with Gasteiger partial charge in [-0.25, -0.2) is 0 Å². The van der Waals surface area contributed by atoms with Crippen LogP contribution in [0, 0.1) is 11.8 Å². The molecule has 0 aromatic rings. The summed E-state index contributed by atoms with van der Waals surface area (Å²) in [6, 6.07) is 0. The first-order chi connectivity index (χ1) is 9.92. The van der Waals surface area contributed by atoms with Crippen LogP contribution in [0.25, 0.3) is 0 Å². The van der Waals surface area contributed by atoms with Crippen molar-refractivity contribution >= 4 is 12.4 Å². The zero-order valence-electron chi connectivity index (χ0n) is 14.2. The molecule has 2 rings (SSSR count). The van der Waals surface area contributed by atoms with Gasteiger partial charge in [0.1, 0.15) is 5.60 Å². The Hall–Kier alpha value is -0.310. The van der Waals surface area contributed by atoms with Crippen molar-refractivity contribution in [1.29, 1.82) is 0 Å². The van der Waals surface area contributed by atoms with Crippen molar-refractivity contribution in [2.24, 2.45) is 0 Å². The number of nitrogens with zero attached hydrogens (tertiary/aromatic N) is 2. The van der Waals surface area contributed by atoms with Gasteiger partial charge in [0, 0.05) is 32.7 Å². The van der Waals surface area contributed by atoms with E-state index in [9.17, 15) is 0 Å². The Morgan fingerprint density at radius 1 is 1.05 bits per heavy atom. The van der Waals surface area contributed by atoms with E-state index >= 15 is 0 Å². The normalized spacial score (nSPS) is 29.3. The monoisotopic (exact) mass is 330 g/mol. The van der Waals surface area contributed by atoms with Crippen LogP contribution in [0.5, 0.6) is 0 Å². The lowest BCUT2D eigenvalue weighted by Crippen LogP contribution is -2.47. The Morgan fingerprint density at radius 3 is 2.27 bits per heavy atom. The molecule has 2 aliphatic heterocycles. The highest BCUT2D eigenvalue weighted by atomic mass is 35.5. The van der Waals surface area contributed by atoms with Crippen LogP contribution in [0.3, 0.4) is 0 Å². The molecule has 2 fully saturated rings. The van der Waals surface area contributed by atoms with Gasteiger partial charge < -0.3 is 9.84 Å². The lowest BCUT2D eigenvalue weighted by molar-refractivity contribution is -0.135. The van der Waals surface area contributed by atoms with Gasteiger partial charge in [0.15, 0.2) is 0 Å². The van der Waals surface area contributed by atoms with Crippen LogP contribution in [-0.2, 0) is 4.74 Å². The maximum absolute atomic E-state index is 8.95. The third-order valence-corrected chi connectivity index (χ3v) is 4.47. The average Bonchev–Trinajstić information content (AvgIpc) is 2.39. The van der Waals surface area contributed by atoms with Crippen molar-refractivity contribution in [3.8, 4) is 11.8 Å². The smallest absolute Gasteiger partial charge is 0.126 e. The van der Waals surface area contributed by atoms with Crippen molar-refractivity contribution in [2.75, 3.05) is 45.9 Å². The lowest BCUT2D eigenvalue weighted by Gasteiger charge is -2.40. The summed E-state index contributed by atoms with van der Waals surface area (Å²) < 4.78 is 6.17. The molecule has 1 N–H and O–H groups in total. The van der Waals surface area contributed by atoms with E-state index in [1.54, 1.807) is 0 Å². The SMILES string of the molecule is CC1(C)CCCC(C)(C#CCN2CCN(CCO)CC2)O1.Cl. The first-order valence-electron chi connectivity index (χ1n) is 8.18. The quantitative estimate of drug-likeness (QED) is 0.800. The van der Waals surface area contributed by atoms with Crippen molar-refractivity contribution in [3.63, 3.8) is 0 Å². The van der Waals surface area contributed by atoms with Gasteiger partial charge in [-0.3, -0.25) is 9.80 Å². The second-order valence-electron chi connectivity index (χ2n) is 7.09. The molecule has 22 heavy (non-hydrogen) atoms. The largest absolute Gasteiger partial charge is 0.395 e. The van der Waals surface area contributed by atoms with Crippen LogP contribution in [0.4, 0.5) is 0 Å². The summed E-state index contributed by atoms with van der Waals surface area (Å²) in [6.45, 7) is 12.5. The van der Waals surface area contributed by atoms with Crippen molar-refractivity contribution in [1.82, 2.24) is 9.80 Å². The highest BCUT2D eigenvalue weighted by molar-refractivity contribution is 5.85. The molecule has 0 aromatic carbocycles. The maximum atomic E-state index is 8.95. The molecular formula is C17H31ClN2O2. The molecule has 0 aromatic heterocycles. The Balaban J connectivity index is 0.00000242. The molecule has 128 valence electrons. The zero-order valence-corrected chi connectivity index (χ0v) is 15.0. The van der Waals surface area contributed by atoms with Crippen LogP contribution in [0.1, 0.15) is 40.0 Å². The molecule has 4 nitrogen and oxygen atoms in total. The van der Waals surface area contributed by atoms with E-state index in [-0.39, 0.29) is 30.2 Å². The summed E-state index contributed by atoms with van der Waals surface area (Å²) in [5, 5.41) is 8.95. The molecule has 2 saturated heterocycles. The van der Waals surface area contributed by atoms with E-state index in [4.69, 9.17) is 9.84 Å². The standard InChI is InChI=1S/C17H30N2O2.ClH/c1-16(2)6-4-7-17(3,21-16)8-5-9-18-10-12-19(13-11-18)14-15-20;/h20H,4,6-7,9-15H2,1-3H3;1H. The van der Waals surface area contributed by atoms with Gasteiger partial charge in [0.05, 0.1) is 18.8 Å². The fourth-order valence-corrected chi connectivity index (χ4v) is 3.30. The van der Waals surface area contributed by atoms with E-state index in [1.807, 2.05) is 0 Å². The molecule has 5 heteroatoms. The predicted molar refractivity (Wildman–Crippen MR) is 92.4 cm³/mol. The van der Waals surface area contributed by atoms with E-state index in [2.05, 4.69) is 42.4 Å². The lowest BCUT2D eigenvalue weighted by atomic mass is 9.88. The number of ether oxygens (including phenoxy) is 1. The fraction of sp³-hybridized carbons (Fsp3) is 0.882. The minimum absolute atomic E-state index is 0. The van der Waals surface area contributed by atoms with Gasteiger partial charge in [-0.05, 0) is 40.0 Å². The molecule has 2 heterocycles. The molecular weight excluding hydrogens is 300 g/mol. The summed E-state index contributed by atoms with van der Waals surface area (Å²) in [7, 11) is 0. The molecule has 1 atom stereocenters. The molecule has 0 saturated carbocycles. The summed E-state index contributed by atoms with van der Waals surface area (Å²) in [5.74, 6) is 6.70. The number of hydrogen-bond acceptors (Lipinski definition) is 4. The topological polar surface area (TPSA) is 35.9 Å². The van der Waals surface area contributed by atoms with Crippen LogP contribution in [-0.4, -0.2) is 72.0 Å². The summed E-state index contributed by atoms with van der Waals surface area (Å²) in [6.07, 6.45) is 3.35. The Labute approximate surface area is 141 Å². The molecule has 0 bridgehead atoms. The van der Waals surface area contributed by atoms with Crippen LogP contribution >= 0.6 is 12.4 Å². The molecule has 0 aliphatic carbocycles. The predicted octanol–water partition coefficient (Wildman–Crippen LogP) is 1.76. The summed E-state index contributed by atoms with van der Waals surface area (Å²) >= 11 is 0. The second kappa shape index (κ2) is 8.52. The van der Waals surface area contributed by atoms with Crippen molar-refractivity contribution < 1.29 is 9.84 Å². The summed E-state index contributed by atoms with van der Waals surface area (Å²) in [5.41, 5.74) is -0.321. The van der Waals surface area contributed by atoms with Crippen LogP contribution < -0.4 is 0 Å². The number of hydrogen-bond donors (Lipinski definition) is 1. The minimum atomic E-state index is -0.277. The Bertz CT molecular complexity index is 397. The van der Waals surface area contributed by atoms with Crippen molar-refractivity contribution in [3.05, 3.63) is 0 Å². The van der Waals surface area contributed by atoms with Gasteiger partial charge >= 0.3 is 0 Å². The van der Waals surface area contributed by atoms with E-state index < -0.39 is 0 Å². The van der Waals surface area contributed by atoms with Crippen LogP contribution in [0.15, 0.2) is 0 Å². The maximum Gasteiger partial charge on any atom is 0.126 e. The highest BCUT2D eigenvalue weighted by Crippen LogP contribution is 2.34. The number of β-amino-alcohol motifs (C(OH)–C–C–N with tert-alkyl or cyclic N) is 1. The van der Waals surface area contributed by atoms with Gasteiger partial charge in [-0.1, -0.05) is 11.8 Å². The van der Waals surface area contributed by atoms with E-state index in [0.717, 1.165) is 52.1 Å². The van der Waals surface area contributed by atoms with E-state index in [1.165, 1.54) is 6.42 Å². The Kier molecular flexibility index (Phi) is 7.64. The molecule has 0 radical (unpaired) electrons. The van der Waals surface area contributed by atoms with E-state index in [0.29, 0.717) is 0 Å². The second-order valence-corrected chi connectivity index (χ2v) is 7.09. The van der Waals surface area contributed by atoms with Gasteiger partial charge in [0.25, 0.3) is 0 Å². The first kappa shape index (κ1) is 19.7. The third-order valence-electron chi connectivity index (χ3n) is 4.47. The number of aliphatic hydroxyl groups is 1. The minimum Gasteiger partial charge on any atom is -0.395 e. The van der Waals surface area contributed by atoms with Gasteiger partial charge in [-0.15, -0.1) is 12.4 Å². The summed E-state index contributed by atoms with van der Waals surface area (Å²) in [4.78, 5) is 4.69. The Morgan fingerprint density at radius 2 is 1.68 bits per heavy atom. The molecule has 0 amide bonds. The number of piperazine rings is 1. The zero-order chi connectivity index (χ0) is 15.3. The fourth-order valence-electron chi connectivity index (χ4n) is 3.30.